The quantitative estimate of drug-likeness (QED) is 0.118. The van der Waals surface area contributed by atoms with Gasteiger partial charge in [-0.1, -0.05) is 98.3 Å². The van der Waals surface area contributed by atoms with Gasteiger partial charge < -0.3 is 24.6 Å². The van der Waals surface area contributed by atoms with Crippen molar-refractivity contribution in [3.8, 4) is 22.6 Å². The second kappa shape index (κ2) is 17.4. The molecule has 0 radical (unpaired) electrons. The summed E-state index contributed by atoms with van der Waals surface area (Å²) in [5.41, 5.74) is 5.37. The standard InChI is InChI=1S/C48H57NO6/c1-6-27-49(45(51)31-35-16-23-43(54-4)44(30-35)55-5)32-48(53)26-24-42-40-22-15-34(28-39(50)21-14-33(2)11-10-25-47(42,48)3)29-41(40)46(52)38-19-17-37(18-20-38)36-12-8-7-9-13-36/h7-9,11-13,15-20,22-23,29-30,39,42,50,53H,6,10,14,21,24-28,31-32H2,1-5H3/t39-,42-,47-,48+/m0/s1. The molecule has 4 aromatic rings. The van der Waals surface area contributed by atoms with Crippen molar-refractivity contribution in [2.45, 2.75) is 96.2 Å². The number of aliphatic hydroxyl groups excluding tert-OH is 1. The molecule has 290 valence electrons. The number of carbonyl (C=O) groups excluding carboxylic acids is 2. The number of ketones is 1. The van der Waals surface area contributed by atoms with Crippen LogP contribution in [0.4, 0.5) is 0 Å². The number of rotatable bonds is 11. The van der Waals surface area contributed by atoms with Gasteiger partial charge in [0.05, 0.1) is 32.3 Å². The Morgan fingerprint density at radius 2 is 1.60 bits per heavy atom. The highest BCUT2D eigenvalue weighted by Crippen LogP contribution is 2.59. The lowest BCUT2D eigenvalue weighted by molar-refractivity contribution is -0.139. The molecule has 0 heterocycles. The van der Waals surface area contributed by atoms with Crippen LogP contribution in [0.3, 0.4) is 0 Å². The van der Waals surface area contributed by atoms with Gasteiger partial charge in [-0.3, -0.25) is 9.59 Å². The number of allylic oxidation sites excluding steroid dienone is 2. The normalized spacial score (nSPS) is 22.6. The van der Waals surface area contributed by atoms with Crippen molar-refractivity contribution in [1.82, 2.24) is 4.90 Å². The predicted molar refractivity (Wildman–Crippen MR) is 219 cm³/mol. The second-order valence-corrected chi connectivity index (χ2v) is 15.9. The summed E-state index contributed by atoms with van der Waals surface area (Å²) in [7, 11) is 3.17. The van der Waals surface area contributed by atoms with E-state index in [4.69, 9.17) is 9.47 Å². The van der Waals surface area contributed by atoms with Gasteiger partial charge in [-0.2, -0.15) is 0 Å². The highest BCUT2D eigenvalue weighted by molar-refractivity contribution is 6.10. The van der Waals surface area contributed by atoms with Crippen molar-refractivity contribution in [2.75, 3.05) is 27.3 Å². The third-order valence-corrected chi connectivity index (χ3v) is 12.3. The molecule has 7 rings (SSSR count). The third kappa shape index (κ3) is 8.74. The van der Waals surface area contributed by atoms with Crippen molar-refractivity contribution >= 4 is 11.7 Å². The van der Waals surface area contributed by atoms with Crippen molar-refractivity contribution in [3.05, 3.63) is 130 Å². The van der Waals surface area contributed by atoms with E-state index in [9.17, 15) is 19.8 Å². The van der Waals surface area contributed by atoms with Gasteiger partial charge in [0.15, 0.2) is 17.3 Å². The molecular formula is C48H57NO6. The monoisotopic (exact) mass is 743 g/mol. The Hall–Kier alpha value is -4.72. The zero-order valence-electron chi connectivity index (χ0n) is 33.1. The Morgan fingerprint density at radius 1 is 0.873 bits per heavy atom. The predicted octanol–water partition coefficient (Wildman–Crippen LogP) is 9.12. The van der Waals surface area contributed by atoms with Gasteiger partial charge in [0.25, 0.3) is 0 Å². The van der Waals surface area contributed by atoms with Crippen LogP contribution in [0.2, 0.25) is 0 Å². The zero-order chi connectivity index (χ0) is 39.2. The molecule has 1 amide bonds. The number of carbonyl (C=O) groups is 2. The largest absolute Gasteiger partial charge is 0.493 e. The minimum Gasteiger partial charge on any atom is -0.493 e. The van der Waals surface area contributed by atoms with E-state index < -0.39 is 17.1 Å². The van der Waals surface area contributed by atoms with Crippen LogP contribution in [0.1, 0.15) is 104 Å². The topological polar surface area (TPSA) is 96.3 Å². The summed E-state index contributed by atoms with van der Waals surface area (Å²) < 4.78 is 10.9. The zero-order valence-corrected chi connectivity index (χ0v) is 33.1. The lowest BCUT2D eigenvalue weighted by atomic mass is 9.64. The molecule has 4 atom stereocenters. The highest BCUT2D eigenvalue weighted by atomic mass is 16.5. The average molecular weight is 744 g/mol. The van der Waals surface area contributed by atoms with Crippen molar-refractivity contribution in [3.63, 3.8) is 0 Å². The van der Waals surface area contributed by atoms with Gasteiger partial charge in [0, 0.05) is 29.6 Å². The molecule has 0 saturated heterocycles. The number of hydrogen-bond donors (Lipinski definition) is 2. The third-order valence-electron chi connectivity index (χ3n) is 12.3. The molecular weight excluding hydrogens is 687 g/mol. The molecule has 3 aliphatic rings. The van der Waals surface area contributed by atoms with Crippen LogP contribution in [0.5, 0.6) is 11.5 Å². The van der Waals surface area contributed by atoms with Gasteiger partial charge in [-0.15, -0.1) is 0 Å². The van der Waals surface area contributed by atoms with Crippen LogP contribution in [0.15, 0.2) is 103 Å². The maximum atomic E-state index is 14.6. The second-order valence-electron chi connectivity index (χ2n) is 15.9. The molecule has 7 heteroatoms. The molecule has 3 aliphatic carbocycles. The Kier molecular flexibility index (Phi) is 12.6. The summed E-state index contributed by atoms with van der Waals surface area (Å²) in [5, 5.41) is 24.0. The summed E-state index contributed by atoms with van der Waals surface area (Å²) in [4.78, 5) is 30.5. The van der Waals surface area contributed by atoms with Gasteiger partial charge >= 0.3 is 0 Å². The molecule has 0 spiro atoms. The SMILES string of the molecule is CCCN(C[C@]1(O)CC[C@H]2c3ccc(cc3C(=O)c3ccc(-c4ccccc4)cc3)C[C@@H](O)CCC(C)=CCC[C@@]21C)C(=O)Cc1ccc(OC)c(OC)c1. The maximum absolute atomic E-state index is 14.6. The fourth-order valence-corrected chi connectivity index (χ4v) is 8.95. The Morgan fingerprint density at radius 3 is 2.31 bits per heavy atom. The van der Waals surface area contributed by atoms with Crippen LogP contribution in [0.25, 0.3) is 11.1 Å². The number of nitrogens with zero attached hydrogens (tertiary/aromatic N) is 1. The lowest BCUT2D eigenvalue weighted by Gasteiger charge is -2.46. The van der Waals surface area contributed by atoms with Crippen molar-refractivity contribution < 1.29 is 29.3 Å². The first-order valence-electron chi connectivity index (χ1n) is 19.9. The van der Waals surface area contributed by atoms with Gasteiger partial charge in [-0.05, 0) is 110 Å². The molecule has 2 bridgehead atoms. The van der Waals surface area contributed by atoms with Gasteiger partial charge in [0.1, 0.15) is 0 Å². The van der Waals surface area contributed by atoms with Crippen LogP contribution < -0.4 is 9.47 Å². The smallest absolute Gasteiger partial charge is 0.227 e. The molecule has 0 aliphatic heterocycles. The Bertz CT molecular complexity index is 1990. The summed E-state index contributed by atoms with van der Waals surface area (Å²) in [5.74, 6) is 0.918. The van der Waals surface area contributed by atoms with E-state index in [-0.39, 0.29) is 30.6 Å². The van der Waals surface area contributed by atoms with Crippen LogP contribution in [-0.2, 0) is 17.6 Å². The molecule has 1 fully saturated rings. The van der Waals surface area contributed by atoms with Crippen LogP contribution in [-0.4, -0.2) is 65.8 Å². The summed E-state index contributed by atoms with van der Waals surface area (Å²) >= 11 is 0. The Balaban J connectivity index is 1.36. The minimum atomic E-state index is -1.20. The fraction of sp³-hybridized carbons (Fsp3) is 0.417. The first-order chi connectivity index (χ1) is 26.5. The maximum Gasteiger partial charge on any atom is 0.227 e. The first-order valence-corrected chi connectivity index (χ1v) is 19.9. The number of fused-ring (bicyclic) bond motifs is 8. The molecule has 55 heavy (non-hydrogen) atoms. The average Bonchev–Trinajstić information content (AvgIpc) is 3.45. The molecule has 0 unspecified atom stereocenters. The first kappa shape index (κ1) is 40.0. The number of benzene rings is 4. The van der Waals surface area contributed by atoms with E-state index in [2.05, 4.69) is 51.1 Å². The van der Waals surface area contributed by atoms with E-state index in [1.165, 1.54) is 5.57 Å². The number of methoxy groups -OCH3 is 2. The fourth-order valence-electron chi connectivity index (χ4n) is 8.95. The van der Waals surface area contributed by atoms with Crippen LogP contribution in [0, 0.1) is 5.41 Å². The summed E-state index contributed by atoms with van der Waals surface area (Å²) in [6.07, 6.45) is 7.12. The number of hydrogen-bond acceptors (Lipinski definition) is 6. The van der Waals surface area contributed by atoms with E-state index in [1.54, 1.807) is 14.2 Å². The molecule has 2 N–H and O–H groups in total. The summed E-state index contributed by atoms with van der Waals surface area (Å²) in [6.45, 7) is 7.06. The highest BCUT2D eigenvalue weighted by Gasteiger charge is 2.57. The molecule has 7 nitrogen and oxygen atoms in total. The Labute approximate surface area is 327 Å². The van der Waals surface area contributed by atoms with Crippen LogP contribution >= 0.6 is 0 Å². The summed E-state index contributed by atoms with van der Waals surface area (Å²) in [6, 6.07) is 29.6. The van der Waals surface area contributed by atoms with Crippen molar-refractivity contribution in [1.29, 1.82) is 0 Å². The number of ether oxygens (including phenoxy) is 2. The van der Waals surface area contributed by atoms with Gasteiger partial charge in [-0.25, -0.2) is 0 Å². The van der Waals surface area contributed by atoms with E-state index in [1.807, 2.05) is 71.6 Å². The van der Waals surface area contributed by atoms with E-state index in [0.717, 1.165) is 47.1 Å². The van der Waals surface area contributed by atoms with E-state index >= 15 is 0 Å². The minimum absolute atomic E-state index is 0.0519. The van der Waals surface area contributed by atoms with E-state index in [0.29, 0.717) is 61.3 Å². The molecule has 4 aromatic carbocycles. The number of aliphatic hydroxyl groups is 2. The van der Waals surface area contributed by atoms with Crippen molar-refractivity contribution in [2.24, 2.45) is 5.41 Å². The number of amides is 1. The molecule has 1 saturated carbocycles. The molecule has 0 aromatic heterocycles. The van der Waals surface area contributed by atoms with Gasteiger partial charge in [0.2, 0.25) is 5.91 Å². The lowest BCUT2D eigenvalue weighted by Crippen LogP contribution is -2.54.